The number of ether oxygens (including phenoxy) is 3. The molecule has 2 aromatic carbocycles. The number of fused-ring (bicyclic) bond motifs is 1. The second kappa shape index (κ2) is 10.2. The van der Waals surface area contributed by atoms with Crippen LogP contribution in [0.25, 0.3) is 6.08 Å². The highest BCUT2D eigenvalue weighted by atomic mass is 32.1. The Balaban J connectivity index is 1.95. The minimum Gasteiger partial charge on any atom is -0.545 e. The van der Waals surface area contributed by atoms with Crippen LogP contribution in [0.2, 0.25) is 0 Å². The number of carbonyl (C=O) groups is 2. The van der Waals surface area contributed by atoms with E-state index >= 15 is 0 Å². The van der Waals surface area contributed by atoms with Gasteiger partial charge < -0.3 is 24.1 Å². The van der Waals surface area contributed by atoms with Crippen LogP contribution in [0.15, 0.2) is 63.5 Å². The Labute approximate surface area is 210 Å². The van der Waals surface area contributed by atoms with Crippen LogP contribution >= 0.6 is 11.3 Å². The van der Waals surface area contributed by atoms with E-state index in [9.17, 15) is 19.5 Å². The van der Waals surface area contributed by atoms with Gasteiger partial charge in [0.1, 0.15) is 17.5 Å². The standard InChI is InChI=1S/C26H24N2O7S/c1-5-35-25(32)21-14(2)27-26-28(22(21)18-11-10-17(33-3)13-19(18)34-4)23(29)20(36-26)12-15-6-8-16(9-7-15)24(30)31/h6-13,22H,5H2,1-4H3,(H,30,31)/p-1/b20-12-/t22-/m0/s1. The summed E-state index contributed by atoms with van der Waals surface area (Å²) in [6.45, 7) is 3.57. The second-order valence-electron chi connectivity index (χ2n) is 7.82. The molecule has 0 unspecified atom stereocenters. The fraction of sp³-hybridized carbons (Fsp3) is 0.231. The molecule has 1 aromatic heterocycles. The maximum Gasteiger partial charge on any atom is 0.338 e. The third-order valence-corrected chi connectivity index (χ3v) is 6.68. The lowest BCUT2D eigenvalue weighted by molar-refractivity contribution is -0.255. The topological polar surface area (TPSA) is 119 Å². The van der Waals surface area contributed by atoms with Crippen LogP contribution in [0.1, 0.15) is 41.4 Å². The molecule has 2 heterocycles. The summed E-state index contributed by atoms with van der Waals surface area (Å²) in [5.41, 5.74) is 1.54. The second-order valence-corrected chi connectivity index (χ2v) is 8.83. The van der Waals surface area contributed by atoms with Gasteiger partial charge in [0.15, 0.2) is 4.80 Å². The van der Waals surface area contributed by atoms with E-state index < -0.39 is 18.0 Å². The lowest BCUT2D eigenvalue weighted by Crippen LogP contribution is -2.40. The third-order valence-electron chi connectivity index (χ3n) is 5.70. The van der Waals surface area contributed by atoms with Crippen molar-refractivity contribution in [2.45, 2.75) is 19.9 Å². The number of carboxylic acid groups (broad SMARTS) is 1. The molecule has 0 N–H and O–H groups in total. The van der Waals surface area contributed by atoms with Crippen molar-refractivity contribution in [3.05, 3.63) is 90.1 Å². The Morgan fingerprint density at radius 1 is 1.14 bits per heavy atom. The van der Waals surface area contributed by atoms with Crippen molar-refractivity contribution in [1.82, 2.24) is 4.57 Å². The van der Waals surface area contributed by atoms with E-state index in [0.717, 1.165) is 0 Å². The summed E-state index contributed by atoms with van der Waals surface area (Å²) < 4.78 is 18.0. The maximum atomic E-state index is 13.7. The molecular weight excluding hydrogens is 484 g/mol. The first kappa shape index (κ1) is 24.9. The number of carboxylic acids is 1. The van der Waals surface area contributed by atoms with Crippen LogP contribution < -0.4 is 29.5 Å². The molecule has 1 atom stereocenters. The van der Waals surface area contributed by atoms with Crippen LogP contribution in [0, 0.1) is 0 Å². The van der Waals surface area contributed by atoms with Gasteiger partial charge in [-0.2, -0.15) is 0 Å². The van der Waals surface area contributed by atoms with Crippen LogP contribution in [-0.4, -0.2) is 37.3 Å². The predicted molar refractivity (Wildman–Crippen MR) is 131 cm³/mol. The van der Waals surface area contributed by atoms with Gasteiger partial charge in [-0.05, 0) is 43.2 Å². The van der Waals surface area contributed by atoms with E-state index in [2.05, 4.69) is 4.99 Å². The number of nitrogens with zero attached hydrogens (tertiary/aromatic N) is 2. The summed E-state index contributed by atoms with van der Waals surface area (Å²) in [5.74, 6) is -0.866. The van der Waals surface area contributed by atoms with Gasteiger partial charge in [0, 0.05) is 11.6 Å². The minimum absolute atomic E-state index is 0.0370. The van der Waals surface area contributed by atoms with Gasteiger partial charge in [-0.1, -0.05) is 35.6 Å². The summed E-state index contributed by atoms with van der Waals surface area (Å²) in [4.78, 5) is 42.7. The first-order valence-electron chi connectivity index (χ1n) is 11.0. The van der Waals surface area contributed by atoms with Crippen molar-refractivity contribution in [2.24, 2.45) is 4.99 Å². The van der Waals surface area contributed by atoms with Crippen molar-refractivity contribution in [1.29, 1.82) is 0 Å². The van der Waals surface area contributed by atoms with E-state index in [0.29, 0.717) is 37.7 Å². The number of methoxy groups -OCH3 is 2. The number of benzene rings is 2. The Morgan fingerprint density at radius 2 is 1.86 bits per heavy atom. The fourth-order valence-electron chi connectivity index (χ4n) is 4.00. The molecule has 0 amide bonds. The summed E-state index contributed by atoms with van der Waals surface area (Å²) in [5, 5.41) is 11.0. The maximum absolute atomic E-state index is 13.7. The van der Waals surface area contributed by atoms with E-state index in [4.69, 9.17) is 14.2 Å². The highest BCUT2D eigenvalue weighted by molar-refractivity contribution is 7.07. The summed E-state index contributed by atoms with van der Waals surface area (Å²) in [6.07, 6.45) is 1.65. The molecular formula is C26H23N2O7S-. The lowest BCUT2D eigenvalue weighted by Gasteiger charge is -2.26. The smallest absolute Gasteiger partial charge is 0.338 e. The van der Waals surface area contributed by atoms with E-state index in [1.807, 2.05) is 0 Å². The lowest BCUT2D eigenvalue weighted by atomic mass is 9.95. The van der Waals surface area contributed by atoms with E-state index in [1.54, 1.807) is 50.3 Å². The highest BCUT2D eigenvalue weighted by Crippen LogP contribution is 2.37. The first-order chi connectivity index (χ1) is 17.3. The molecule has 0 bridgehead atoms. The van der Waals surface area contributed by atoms with Crippen molar-refractivity contribution in [3.63, 3.8) is 0 Å². The molecule has 0 saturated carbocycles. The van der Waals surface area contributed by atoms with Gasteiger partial charge in [0.05, 0.1) is 42.6 Å². The van der Waals surface area contributed by atoms with Crippen LogP contribution in [0.4, 0.5) is 0 Å². The largest absolute Gasteiger partial charge is 0.545 e. The van der Waals surface area contributed by atoms with Crippen molar-refractivity contribution in [3.8, 4) is 11.5 Å². The first-order valence-corrected chi connectivity index (χ1v) is 11.8. The molecule has 36 heavy (non-hydrogen) atoms. The molecule has 1 aliphatic rings. The van der Waals surface area contributed by atoms with E-state index in [-0.39, 0.29) is 23.3 Å². The monoisotopic (exact) mass is 507 g/mol. The van der Waals surface area contributed by atoms with E-state index in [1.165, 1.54) is 42.3 Å². The van der Waals surface area contributed by atoms with Crippen molar-refractivity contribution < 1.29 is 28.9 Å². The summed E-state index contributed by atoms with van der Waals surface area (Å²) in [7, 11) is 3.03. The Hall–Kier alpha value is -4.18. The number of allylic oxidation sites excluding steroid dienone is 1. The van der Waals surface area contributed by atoms with Gasteiger partial charge in [-0.3, -0.25) is 9.36 Å². The molecule has 0 saturated heterocycles. The molecule has 0 fully saturated rings. The number of aromatic nitrogens is 1. The van der Waals surface area contributed by atoms with Crippen molar-refractivity contribution in [2.75, 3.05) is 20.8 Å². The zero-order valence-electron chi connectivity index (χ0n) is 20.1. The quantitative estimate of drug-likeness (QED) is 0.441. The van der Waals surface area contributed by atoms with Gasteiger partial charge in [0.2, 0.25) is 0 Å². The molecule has 9 nitrogen and oxygen atoms in total. The molecule has 0 aliphatic carbocycles. The fourth-order valence-corrected chi connectivity index (χ4v) is 5.04. The number of hydrogen-bond acceptors (Lipinski definition) is 9. The average Bonchev–Trinajstić information content (AvgIpc) is 3.17. The number of hydrogen-bond donors (Lipinski definition) is 0. The molecule has 4 rings (SSSR count). The van der Waals surface area contributed by atoms with Gasteiger partial charge in [-0.25, -0.2) is 9.79 Å². The molecule has 3 aromatic rings. The van der Waals surface area contributed by atoms with Crippen LogP contribution in [0.5, 0.6) is 11.5 Å². The molecule has 0 radical (unpaired) electrons. The Morgan fingerprint density at radius 3 is 2.47 bits per heavy atom. The minimum atomic E-state index is -1.28. The number of carbonyl (C=O) groups excluding carboxylic acids is 2. The Kier molecular flexibility index (Phi) is 7.07. The molecule has 1 aliphatic heterocycles. The number of esters is 1. The van der Waals surface area contributed by atoms with Gasteiger partial charge >= 0.3 is 5.97 Å². The third kappa shape index (κ3) is 4.55. The summed E-state index contributed by atoms with van der Waals surface area (Å²) >= 11 is 1.17. The molecule has 10 heteroatoms. The van der Waals surface area contributed by atoms with Crippen LogP contribution in [0.3, 0.4) is 0 Å². The summed E-state index contributed by atoms with van der Waals surface area (Å²) in [6, 6.07) is 10.3. The number of aromatic carboxylic acids is 1. The zero-order chi connectivity index (χ0) is 26.0. The number of rotatable bonds is 7. The van der Waals surface area contributed by atoms with Crippen LogP contribution in [-0.2, 0) is 9.53 Å². The highest BCUT2D eigenvalue weighted by Gasteiger charge is 2.35. The SMILES string of the molecule is CCOC(=O)C1=C(C)N=c2s/c(=C\c3ccc(C(=O)[O-])cc3)c(=O)n2[C@H]1c1ccc(OC)cc1OC. The normalized spacial score (nSPS) is 15.2. The van der Waals surface area contributed by atoms with Gasteiger partial charge in [-0.15, -0.1) is 0 Å². The number of thiazole rings is 1. The zero-order valence-corrected chi connectivity index (χ0v) is 20.9. The molecule has 186 valence electrons. The predicted octanol–water partition coefficient (Wildman–Crippen LogP) is 1.18. The average molecular weight is 508 g/mol. The van der Waals surface area contributed by atoms with Crippen molar-refractivity contribution >= 4 is 29.4 Å². The molecule has 0 spiro atoms. The Bertz CT molecular complexity index is 1550. The van der Waals surface area contributed by atoms with Gasteiger partial charge in [0.25, 0.3) is 5.56 Å².